The van der Waals surface area contributed by atoms with Gasteiger partial charge in [-0.05, 0) is 36.2 Å². The van der Waals surface area contributed by atoms with E-state index in [0.29, 0.717) is 22.0 Å². The van der Waals surface area contributed by atoms with Crippen molar-refractivity contribution < 1.29 is 14.6 Å². The van der Waals surface area contributed by atoms with Crippen molar-refractivity contribution in [1.82, 2.24) is 5.32 Å². The number of hydrogen-bond donors (Lipinski definition) is 3. The molecular formula is C17H19ClN2O3. The molecule has 0 radical (unpaired) electrons. The first-order valence-electron chi connectivity index (χ1n) is 7.12. The number of urea groups is 1. The summed E-state index contributed by atoms with van der Waals surface area (Å²) in [6.07, 6.45) is -0.801. The molecule has 23 heavy (non-hydrogen) atoms. The van der Waals surface area contributed by atoms with Gasteiger partial charge >= 0.3 is 6.03 Å². The first-order valence-corrected chi connectivity index (χ1v) is 7.50. The third kappa shape index (κ3) is 4.87. The molecule has 2 amide bonds. The molecule has 1 atom stereocenters. The fourth-order valence-corrected chi connectivity index (χ4v) is 2.15. The summed E-state index contributed by atoms with van der Waals surface area (Å²) in [6, 6.07) is 11.9. The maximum absolute atomic E-state index is 12.0. The predicted octanol–water partition coefficient (Wildman–Crippen LogP) is 3.51. The van der Waals surface area contributed by atoms with Crippen LogP contribution in [0.3, 0.4) is 0 Å². The van der Waals surface area contributed by atoms with Crippen molar-refractivity contribution in [3.8, 4) is 5.75 Å². The standard InChI is InChI=1S/C17H19ClN2O3/c1-11-3-8-14(23-2)9-15(11)20-17(22)19-10-16(21)12-4-6-13(18)7-5-12/h3-9,16,21H,10H2,1-2H3,(H2,19,20,22). The Morgan fingerprint density at radius 1 is 1.26 bits per heavy atom. The third-order valence-electron chi connectivity index (χ3n) is 3.40. The number of amides is 2. The third-order valence-corrected chi connectivity index (χ3v) is 3.66. The molecule has 0 saturated heterocycles. The van der Waals surface area contributed by atoms with Gasteiger partial charge in [0.1, 0.15) is 5.75 Å². The lowest BCUT2D eigenvalue weighted by molar-refractivity contribution is 0.175. The SMILES string of the molecule is COc1ccc(C)c(NC(=O)NCC(O)c2ccc(Cl)cc2)c1. The highest BCUT2D eigenvalue weighted by Gasteiger charge is 2.10. The molecule has 0 aliphatic rings. The van der Waals surface area contributed by atoms with Crippen molar-refractivity contribution in [3.63, 3.8) is 0 Å². The Labute approximate surface area is 140 Å². The van der Waals surface area contributed by atoms with Gasteiger partial charge in [-0.15, -0.1) is 0 Å². The highest BCUT2D eigenvalue weighted by atomic mass is 35.5. The fraction of sp³-hybridized carbons (Fsp3) is 0.235. The minimum Gasteiger partial charge on any atom is -0.497 e. The molecule has 1 unspecified atom stereocenters. The Morgan fingerprint density at radius 3 is 2.61 bits per heavy atom. The highest BCUT2D eigenvalue weighted by Crippen LogP contribution is 2.21. The van der Waals surface area contributed by atoms with E-state index in [0.717, 1.165) is 5.56 Å². The zero-order valence-electron chi connectivity index (χ0n) is 13.0. The second-order valence-electron chi connectivity index (χ2n) is 5.08. The van der Waals surface area contributed by atoms with Crippen molar-refractivity contribution in [2.75, 3.05) is 19.0 Å². The largest absolute Gasteiger partial charge is 0.497 e. The fourth-order valence-electron chi connectivity index (χ4n) is 2.02. The normalized spacial score (nSPS) is 11.7. The Morgan fingerprint density at radius 2 is 1.96 bits per heavy atom. The molecule has 5 nitrogen and oxygen atoms in total. The molecule has 0 aromatic heterocycles. The van der Waals surface area contributed by atoms with Crippen LogP contribution >= 0.6 is 11.6 Å². The first-order chi connectivity index (χ1) is 11.0. The Hall–Kier alpha value is -2.24. The molecule has 2 rings (SSSR count). The monoisotopic (exact) mass is 334 g/mol. The summed E-state index contributed by atoms with van der Waals surface area (Å²) < 4.78 is 5.13. The van der Waals surface area contributed by atoms with Crippen LogP contribution in [0.25, 0.3) is 0 Å². The molecule has 0 saturated carbocycles. The van der Waals surface area contributed by atoms with E-state index in [9.17, 15) is 9.90 Å². The molecule has 0 spiro atoms. The highest BCUT2D eigenvalue weighted by molar-refractivity contribution is 6.30. The summed E-state index contributed by atoms with van der Waals surface area (Å²) >= 11 is 5.80. The molecule has 0 aliphatic heterocycles. The summed E-state index contributed by atoms with van der Waals surface area (Å²) in [7, 11) is 1.57. The molecule has 122 valence electrons. The van der Waals surface area contributed by atoms with Gasteiger partial charge in [0.2, 0.25) is 0 Å². The molecule has 0 bridgehead atoms. The smallest absolute Gasteiger partial charge is 0.319 e. The number of nitrogens with one attached hydrogen (secondary N) is 2. The van der Waals surface area contributed by atoms with Crippen LogP contribution in [-0.4, -0.2) is 24.8 Å². The zero-order chi connectivity index (χ0) is 16.8. The van der Waals surface area contributed by atoms with Crippen molar-refractivity contribution in [1.29, 1.82) is 0 Å². The zero-order valence-corrected chi connectivity index (χ0v) is 13.7. The van der Waals surface area contributed by atoms with E-state index in [1.165, 1.54) is 0 Å². The van der Waals surface area contributed by atoms with Crippen LogP contribution in [0.2, 0.25) is 5.02 Å². The van der Waals surface area contributed by atoms with Gasteiger partial charge in [0.25, 0.3) is 0 Å². The Balaban J connectivity index is 1.91. The van der Waals surface area contributed by atoms with Crippen LogP contribution in [0.5, 0.6) is 5.75 Å². The van der Waals surface area contributed by atoms with Crippen LogP contribution < -0.4 is 15.4 Å². The minimum atomic E-state index is -0.801. The number of carbonyl (C=O) groups is 1. The Kier molecular flexibility index (Phi) is 5.84. The first kappa shape index (κ1) is 17.1. The van der Waals surface area contributed by atoms with E-state index in [1.54, 1.807) is 37.4 Å². The van der Waals surface area contributed by atoms with Gasteiger partial charge in [0.05, 0.1) is 13.2 Å². The predicted molar refractivity (Wildman–Crippen MR) is 91.2 cm³/mol. The molecule has 0 heterocycles. The number of hydrogen-bond acceptors (Lipinski definition) is 3. The summed E-state index contributed by atoms with van der Waals surface area (Å²) in [6.45, 7) is 1.98. The number of aliphatic hydroxyl groups excluding tert-OH is 1. The van der Waals surface area contributed by atoms with Crippen LogP contribution in [0.1, 0.15) is 17.2 Å². The summed E-state index contributed by atoms with van der Waals surface area (Å²) in [5.41, 5.74) is 2.26. The van der Waals surface area contributed by atoms with Crippen LogP contribution in [0, 0.1) is 6.92 Å². The number of rotatable bonds is 5. The van der Waals surface area contributed by atoms with Gasteiger partial charge in [-0.3, -0.25) is 0 Å². The van der Waals surface area contributed by atoms with Gasteiger partial charge in [-0.1, -0.05) is 29.8 Å². The van der Waals surface area contributed by atoms with Crippen molar-refractivity contribution in [2.45, 2.75) is 13.0 Å². The lowest BCUT2D eigenvalue weighted by atomic mass is 10.1. The number of ether oxygens (including phenoxy) is 1. The van der Waals surface area contributed by atoms with E-state index < -0.39 is 12.1 Å². The molecule has 0 aliphatic carbocycles. The number of methoxy groups -OCH3 is 1. The van der Waals surface area contributed by atoms with E-state index in [2.05, 4.69) is 10.6 Å². The molecule has 2 aromatic rings. The van der Waals surface area contributed by atoms with Gasteiger partial charge in [-0.25, -0.2) is 4.79 Å². The van der Waals surface area contributed by atoms with Crippen molar-refractivity contribution in [2.24, 2.45) is 0 Å². The maximum Gasteiger partial charge on any atom is 0.319 e. The minimum absolute atomic E-state index is 0.0937. The van der Waals surface area contributed by atoms with Crippen molar-refractivity contribution in [3.05, 3.63) is 58.6 Å². The quantitative estimate of drug-likeness (QED) is 0.783. The topological polar surface area (TPSA) is 70.6 Å². The Bertz CT molecular complexity index is 674. The maximum atomic E-state index is 12.0. The lowest BCUT2D eigenvalue weighted by Gasteiger charge is -2.14. The van der Waals surface area contributed by atoms with E-state index in [1.807, 2.05) is 19.1 Å². The lowest BCUT2D eigenvalue weighted by Crippen LogP contribution is -2.32. The average molecular weight is 335 g/mol. The number of aliphatic hydroxyl groups is 1. The summed E-state index contributed by atoms with van der Waals surface area (Å²) in [5.74, 6) is 0.659. The van der Waals surface area contributed by atoms with E-state index in [-0.39, 0.29) is 6.54 Å². The second-order valence-corrected chi connectivity index (χ2v) is 5.52. The van der Waals surface area contributed by atoms with Gasteiger partial charge in [-0.2, -0.15) is 0 Å². The van der Waals surface area contributed by atoms with E-state index in [4.69, 9.17) is 16.3 Å². The molecular weight excluding hydrogens is 316 g/mol. The van der Waals surface area contributed by atoms with Gasteiger partial charge < -0.3 is 20.5 Å². The molecule has 3 N–H and O–H groups in total. The number of anilines is 1. The van der Waals surface area contributed by atoms with E-state index >= 15 is 0 Å². The van der Waals surface area contributed by atoms with Crippen LogP contribution in [0.4, 0.5) is 10.5 Å². The number of halogens is 1. The van der Waals surface area contributed by atoms with Crippen LogP contribution in [0.15, 0.2) is 42.5 Å². The number of benzene rings is 2. The number of carbonyl (C=O) groups excluding carboxylic acids is 1. The van der Waals surface area contributed by atoms with Crippen LogP contribution in [-0.2, 0) is 0 Å². The van der Waals surface area contributed by atoms with Gasteiger partial charge in [0, 0.05) is 23.3 Å². The second kappa shape index (κ2) is 7.85. The molecule has 2 aromatic carbocycles. The average Bonchev–Trinajstić information content (AvgIpc) is 2.55. The number of aryl methyl sites for hydroxylation is 1. The molecule has 0 fully saturated rings. The van der Waals surface area contributed by atoms with Crippen molar-refractivity contribution >= 4 is 23.3 Å². The summed E-state index contributed by atoms with van der Waals surface area (Å²) in [5, 5.41) is 16.0. The summed E-state index contributed by atoms with van der Waals surface area (Å²) in [4.78, 5) is 12.0. The van der Waals surface area contributed by atoms with Gasteiger partial charge in [0.15, 0.2) is 0 Å². The molecule has 6 heteroatoms.